The van der Waals surface area contributed by atoms with Crippen molar-refractivity contribution in [3.8, 4) is 0 Å². The molecule has 0 amide bonds. The van der Waals surface area contributed by atoms with Crippen molar-refractivity contribution in [2.75, 3.05) is 19.3 Å². The average Bonchev–Trinajstić information content (AvgIpc) is 2.03. The van der Waals surface area contributed by atoms with E-state index in [2.05, 4.69) is 18.5 Å². The van der Waals surface area contributed by atoms with E-state index in [4.69, 9.17) is 0 Å². The Balaban J connectivity index is 3.63. The first-order valence-corrected chi connectivity index (χ1v) is 6.15. The van der Waals surface area contributed by atoms with Gasteiger partial charge in [0.15, 0.2) is 0 Å². The number of rotatable bonds is 6. The number of nitrogens with one attached hydrogen (secondary N) is 1. The van der Waals surface area contributed by atoms with Gasteiger partial charge in [0, 0.05) is 18.3 Å². The van der Waals surface area contributed by atoms with Crippen LogP contribution in [0.3, 0.4) is 0 Å². The van der Waals surface area contributed by atoms with Crippen molar-refractivity contribution in [3.63, 3.8) is 0 Å². The molecular weight excluding hydrogens is 182 g/mol. The molecule has 0 aliphatic rings. The molecule has 2 nitrogen and oxygen atoms in total. The summed E-state index contributed by atoms with van der Waals surface area (Å²) in [7, 11) is 0. The predicted octanol–water partition coefficient (Wildman–Crippen LogP) is 1.73. The van der Waals surface area contributed by atoms with Crippen molar-refractivity contribution in [1.82, 2.24) is 5.32 Å². The van der Waals surface area contributed by atoms with Gasteiger partial charge in [0.25, 0.3) is 0 Å². The molecule has 0 aromatic heterocycles. The summed E-state index contributed by atoms with van der Waals surface area (Å²) in [5.74, 6) is 0.296. The summed E-state index contributed by atoms with van der Waals surface area (Å²) in [4.78, 5) is 0. The van der Waals surface area contributed by atoms with Crippen LogP contribution in [0.2, 0.25) is 0 Å². The molecule has 2 unspecified atom stereocenters. The zero-order valence-corrected chi connectivity index (χ0v) is 10.2. The minimum absolute atomic E-state index is 0.296. The second-order valence-electron chi connectivity index (χ2n) is 4.19. The van der Waals surface area contributed by atoms with Gasteiger partial charge in [0.05, 0.1) is 5.60 Å². The van der Waals surface area contributed by atoms with E-state index < -0.39 is 5.60 Å². The molecule has 2 N–H and O–H groups in total. The maximum Gasteiger partial charge on any atom is 0.0766 e. The van der Waals surface area contributed by atoms with Gasteiger partial charge >= 0.3 is 0 Å². The highest BCUT2D eigenvalue weighted by Gasteiger charge is 2.23. The maximum absolute atomic E-state index is 9.91. The van der Waals surface area contributed by atoms with Crippen molar-refractivity contribution in [2.45, 2.75) is 38.5 Å². The molecule has 0 aromatic carbocycles. The Kier molecular flexibility index (Phi) is 6.01. The molecule has 0 radical (unpaired) electrons. The van der Waals surface area contributed by atoms with Crippen molar-refractivity contribution < 1.29 is 5.11 Å². The number of hydrogen-bond acceptors (Lipinski definition) is 3. The van der Waals surface area contributed by atoms with Crippen LogP contribution in [0.5, 0.6) is 0 Å². The van der Waals surface area contributed by atoms with Crippen molar-refractivity contribution in [3.05, 3.63) is 0 Å². The number of thioether (sulfide) groups is 1. The van der Waals surface area contributed by atoms with Crippen molar-refractivity contribution >= 4 is 11.8 Å². The first-order chi connectivity index (χ1) is 5.90. The largest absolute Gasteiger partial charge is 0.389 e. The van der Waals surface area contributed by atoms with E-state index in [1.54, 1.807) is 0 Å². The smallest absolute Gasteiger partial charge is 0.0766 e. The molecule has 0 aliphatic carbocycles. The van der Waals surface area contributed by atoms with Gasteiger partial charge < -0.3 is 10.4 Å². The Morgan fingerprint density at radius 2 is 1.92 bits per heavy atom. The second-order valence-corrected chi connectivity index (χ2v) is 5.47. The van der Waals surface area contributed by atoms with Crippen molar-refractivity contribution in [2.24, 2.45) is 5.92 Å². The third kappa shape index (κ3) is 5.55. The number of aliphatic hydroxyl groups is 1. The number of hydrogen-bond donors (Lipinski definition) is 2. The summed E-state index contributed by atoms with van der Waals surface area (Å²) in [6, 6.07) is 0. The molecule has 0 heterocycles. The Hall–Kier alpha value is 0.270. The van der Waals surface area contributed by atoms with Gasteiger partial charge in [-0.25, -0.2) is 0 Å². The van der Waals surface area contributed by atoms with Crippen LogP contribution < -0.4 is 5.32 Å². The minimum atomic E-state index is -0.585. The molecule has 0 aliphatic heterocycles. The molecule has 0 spiro atoms. The van der Waals surface area contributed by atoms with E-state index in [1.165, 1.54) is 0 Å². The molecule has 0 bridgehead atoms. The van der Waals surface area contributed by atoms with E-state index in [1.807, 2.05) is 32.5 Å². The highest BCUT2D eigenvalue weighted by Crippen LogP contribution is 2.14. The van der Waals surface area contributed by atoms with Crippen LogP contribution >= 0.6 is 11.8 Å². The fourth-order valence-corrected chi connectivity index (χ4v) is 1.10. The van der Waals surface area contributed by atoms with Gasteiger partial charge in [0.1, 0.15) is 0 Å². The molecule has 13 heavy (non-hydrogen) atoms. The van der Waals surface area contributed by atoms with Crippen LogP contribution in [0.15, 0.2) is 0 Å². The van der Waals surface area contributed by atoms with Crippen LogP contribution in [-0.4, -0.2) is 35.3 Å². The summed E-state index contributed by atoms with van der Waals surface area (Å²) in [5.41, 5.74) is -0.585. The van der Waals surface area contributed by atoms with Crippen LogP contribution in [0, 0.1) is 5.92 Å². The standard InChI is InChI=1S/C10H23NOS/c1-8(2)10(4,12)7-11-6-9(3)13-5/h8-9,11-12H,6-7H2,1-5H3. The van der Waals surface area contributed by atoms with E-state index in [0.29, 0.717) is 17.7 Å². The lowest BCUT2D eigenvalue weighted by atomic mass is 9.92. The van der Waals surface area contributed by atoms with Gasteiger partial charge in [-0.3, -0.25) is 0 Å². The molecule has 2 atom stereocenters. The molecule has 0 rings (SSSR count). The van der Waals surface area contributed by atoms with E-state index in [-0.39, 0.29) is 0 Å². The third-order valence-corrected chi connectivity index (χ3v) is 3.53. The SMILES string of the molecule is CSC(C)CNCC(C)(O)C(C)C. The fraction of sp³-hybridized carbons (Fsp3) is 1.00. The summed E-state index contributed by atoms with van der Waals surface area (Å²) < 4.78 is 0. The third-order valence-electron chi connectivity index (χ3n) is 2.56. The highest BCUT2D eigenvalue weighted by atomic mass is 32.2. The highest BCUT2D eigenvalue weighted by molar-refractivity contribution is 7.99. The average molecular weight is 205 g/mol. The summed E-state index contributed by atoms with van der Waals surface area (Å²) in [6.45, 7) is 9.79. The monoisotopic (exact) mass is 205 g/mol. The Bertz CT molecular complexity index is 137. The van der Waals surface area contributed by atoms with Crippen LogP contribution in [0.25, 0.3) is 0 Å². The molecule has 0 aromatic rings. The van der Waals surface area contributed by atoms with Gasteiger partial charge in [-0.2, -0.15) is 11.8 Å². The normalized spacial score (nSPS) is 18.7. The van der Waals surface area contributed by atoms with Gasteiger partial charge in [0.2, 0.25) is 0 Å². The second kappa shape index (κ2) is 5.89. The van der Waals surface area contributed by atoms with Gasteiger partial charge in [-0.05, 0) is 19.1 Å². The maximum atomic E-state index is 9.91. The lowest BCUT2D eigenvalue weighted by molar-refractivity contribution is 0.0145. The first kappa shape index (κ1) is 13.3. The summed E-state index contributed by atoms with van der Waals surface area (Å²) in [5, 5.41) is 13.8. The Labute approximate surface area is 86.5 Å². The summed E-state index contributed by atoms with van der Waals surface area (Å²) in [6.07, 6.45) is 2.10. The first-order valence-electron chi connectivity index (χ1n) is 4.86. The lowest BCUT2D eigenvalue weighted by Crippen LogP contribution is -2.43. The van der Waals surface area contributed by atoms with E-state index >= 15 is 0 Å². The van der Waals surface area contributed by atoms with E-state index in [0.717, 1.165) is 6.54 Å². The molecule has 80 valence electrons. The quantitative estimate of drug-likeness (QED) is 0.693. The van der Waals surface area contributed by atoms with Gasteiger partial charge in [-0.15, -0.1) is 0 Å². The zero-order valence-electron chi connectivity index (χ0n) is 9.42. The predicted molar refractivity (Wildman–Crippen MR) is 61.3 cm³/mol. The molecule has 3 heteroatoms. The Morgan fingerprint density at radius 1 is 1.38 bits per heavy atom. The van der Waals surface area contributed by atoms with Crippen LogP contribution in [0.4, 0.5) is 0 Å². The molecule has 0 saturated carbocycles. The fourth-order valence-electron chi connectivity index (χ4n) is 0.816. The van der Waals surface area contributed by atoms with Crippen LogP contribution in [-0.2, 0) is 0 Å². The molecule has 0 saturated heterocycles. The molecular formula is C10H23NOS. The minimum Gasteiger partial charge on any atom is -0.389 e. The van der Waals surface area contributed by atoms with Crippen LogP contribution in [0.1, 0.15) is 27.7 Å². The summed E-state index contributed by atoms with van der Waals surface area (Å²) >= 11 is 1.84. The Morgan fingerprint density at radius 3 is 2.31 bits per heavy atom. The zero-order chi connectivity index (χ0) is 10.5. The topological polar surface area (TPSA) is 32.3 Å². The molecule has 0 fully saturated rings. The van der Waals surface area contributed by atoms with Gasteiger partial charge in [-0.1, -0.05) is 20.8 Å². The lowest BCUT2D eigenvalue weighted by Gasteiger charge is -2.28. The van der Waals surface area contributed by atoms with E-state index in [9.17, 15) is 5.11 Å². The van der Waals surface area contributed by atoms with Crippen molar-refractivity contribution in [1.29, 1.82) is 0 Å².